The highest BCUT2D eigenvalue weighted by Crippen LogP contribution is 2.21. The van der Waals surface area contributed by atoms with Crippen LogP contribution >= 0.6 is 11.3 Å². The fourth-order valence-electron chi connectivity index (χ4n) is 1.62. The normalized spacial score (nSPS) is 12.4. The van der Waals surface area contributed by atoms with Gasteiger partial charge in [0.05, 0.1) is 7.11 Å². The summed E-state index contributed by atoms with van der Waals surface area (Å²) in [6, 6.07) is 12.3. The van der Waals surface area contributed by atoms with E-state index in [0.29, 0.717) is 0 Å². The van der Waals surface area contributed by atoms with Crippen molar-refractivity contribution in [2.24, 2.45) is 5.73 Å². The molecule has 16 heavy (non-hydrogen) atoms. The summed E-state index contributed by atoms with van der Waals surface area (Å²) in [6.45, 7) is 0. The van der Waals surface area contributed by atoms with Gasteiger partial charge in [0, 0.05) is 10.9 Å². The molecule has 2 aromatic rings. The molecule has 0 fully saturated rings. The Kier molecular flexibility index (Phi) is 3.59. The van der Waals surface area contributed by atoms with E-state index in [9.17, 15) is 0 Å². The lowest BCUT2D eigenvalue weighted by molar-refractivity contribution is 0.414. The van der Waals surface area contributed by atoms with Crippen molar-refractivity contribution in [2.45, 2.75) is 12.5 Å². The fraction of sp³-hybridized carbons (Fsp3) is 0.231. The summed E-state index contributed by atoms with van der Waals surface area (Å²) in [6.07, 6.45) is 0.866. The van der Waals surface area contributed by atoms with Crippen LogP contribution < -0.4 is 10.5 Å². The van der Waals surface area contributed by atoms with Crippen LogP contribution in [0.3, 0.4) is 0 Å². The van der Waals surface area contributed by atoms with Gasteiger partial charge < -0.3 is 10.5 Å². The first kappa shape index (κ1) is 11.2. The largest absolute Gasteiger partial charge is 0.497 e. The minimum Gasteiger partial charge on any atom is -0.497 e. The van der Waals surface area contributed by atoms with Crippen LogP contribution in [0.4, 0.5) is 0 Å². The number of thiophene rings is 1. The van der Waals surface area contributed by atoms with E-state index in [1.807, 2.05) is 18.2 Å². The van der Waals surface area contributed by atoms with Crippen LogP contribution in [0.1, 0.15) is 16.5 Å². The molecule has 1 unspecified atom stereocenters. The number of ether oxygens (including phenoxy) is 1. The van der Waals surface area contributed by atoms with Crippen molar-refractivity contribution in [1.29, 1.82) is 0 Å². The lowest BCUT2D eigenvalue weighted by Gasteiger charge is -2.09. The number of hydrogen-bond acceptors (Lipinski definition) is 3. The lowest BCUT2D eigenvalue weighted by Crippen LogP contribution is -2.11. The molecule has 0 amide bonds. The first-order chi connectivity index (χ1) is 7.79. The standard InChI is InChI=1S/C13H15NOS/c1-15-11-6-4-10(5-7-11)9-12(14)13-3-2-8-16-13/h2-8,12H,9,14H2,1H3. The van der Waals surface area contributed by atoms with Gasteiger partial charge in [0.25, 0.3) is 0 Å². The Hall–Kier alpha value is -1.32. The number of rotatable bonds is 4. The summed E-state index contributed by atoms with van der Waals surface area (Å²) in [5.74, 6) is 0.883. The number of nitrogens with two attached hydrogens (primary N) is 1. The maximum Gasteiger partial charge on any atom is 0.118 e. The zero-order chi connectivity index (χ0) is 11.4. The molecule has 1 aromatic carbocycles. The van der Waals surface area contributed by atoms with Crippen LogP contribution in [0.5, 0.6) is 5.75 Å². The summed E-state index contributed by atoms with van der Waals surface area (Å²) in [5.41, 5.74) is 7.36. The molecule has 0 saturated carbocycles. The van der Waals surface area contributed by atoms with Gasteiger partial charge in [-0.05, 0) is 35.6 Å². The Labute approximate surface area is 99.7 Å². The number of methoxy groups -OCH3 is 1. The summed E-state index contributed by atoms with van der Waals surface area (Å²) in [7, 11) is 1.67. The highest BCUT2D eigenvalue weighted by atomic mass is 32.1. The quantitative estimate of drug-likeness (QED) is 0.881. The second kappa shape index (κ2) is 5.14. The summed E-state index contributed by atoms with van der Waals surface area (Å²) < 4.78 is 5.12. The molecule has 0 aliphatic carbocycles. The maximum atomic E-state index is 6.12. The van der Waals surface area contributed by atoms with Crippen LogP contribution in [0.2, 0.25) is 0 Å². The van der Waals surface area contributed by atoms with Gasteiger partial charge in [-0.3, -0.25) is 0 Å². The van der Waals surface area contributed by atoms with E-state index in [-0.39, 0.29) is 6.04 Å². The average Bonchev–Trinajstić information content (AvgIpc) is 2.83. The molecule has 0 spiro atoms. The van der Waals surface area contributed by atoms with Crippen molar-refractivity contribution in [3.05, 3.63) is 52.2 Å². The van der Waals surface area contributed by atoms with Crippen molar-refractivity contribution in [3.8, 4) is 5.75 Å². The summed E-state index contributed by atoms with van der Waals surface area (Å²) in [5, 5.41) is 2.06. The Morgan fingerprint density at radius 3 is 2.56 bits per heavy atom. The average molecular weight is 233 g/mol. The van der Waals surface area contributed by atoms with Crippen molar-refractivity contribution >= 4 is 11.3 Å². The molecule has 0 bridgehead atoms. The Bertz CT molecular complexity index is 422. The SMILES string of the molecule is COc1ccc(CC(N)c2cccs2)cc1. The zero-order valence-corrected chi connectivity index (χ0v) is 10.0. The molecule has 2 N–H and O–H groups in total. The minimum absolute atomic E-state index is 0.0911. The molecule has 2 rings (SSSR count). The van der Waals surface area contributed by atoms with Gasteiger partial charge in [0.2, 0.25) is 0 Å². The lowest BCUT2D eigenvalue weighted by atomic mass is 10.1. The van der Waals surface area contributed by atoms with Gasteiger partial charge >= 0.3 is 0 Å². The van der Waals surface area contributed by atoms with E-state index in [1.165, 1.54) is 10.4 Å². The molecular weight excluding hydrogens is 218 g/mol. The first-order valence-electron chi connectivity index (χ1n) is 5.21. The maximum absolute atomic E-state index is 6.12. The molecule has 0 aliphatic heterocycles. The van der Waals surface area contributed by atoms with E-state index >= 15 is 0 Å². The molecule has 1 aromatic heterocycles. The van der Waals surface area contributed by atoms with Crippen molar-refractivity contribution in [2.75, 3.05) is 7.11 Å². The first-order valence-corrected chi connectivity index (χ1v) is 6.09. The second-order valence-corrected chi connectivity index (χ2v) is 4.65. The van der Waals surface area contributed by atoms with E-state index in [2.05, 4.69) is 23.6 Å². The Morgan fingerprint density at radius 1 is 1.25 bits per heavy atom. The third kappa shape index (κ3) is 2.62. The van der Waals surface area contributed by atoms with Gasteiger partial charge in [-0.15, -0.1) is 11.3 Å². The van der Waals surface area contributed by atoms with E-state index in [1.54, 1.807) is 18.4 Å². The van der Waals surface area contributed by atoms with Crippen molar-refractivity contribution in [3.63, 3.8) is 0 Å². The van der Waals surface area contributed by atoms with Crippen LogP contribution in [0.25, 0.3) is 0 Å². The molecule has 84 valence electrons. The van der Waals surface area contributed by atoms with Gasteiger partial charge in [-0.2, -0.15) is 0 Å². The fourth-order valence-corrected chi connectivity index (χ4v) is 2.35. The number of benzene rings is 1. The zero-order valence-electron chi connectivity index (χ0n) is 9.22. The van der Waals surface area contributed by atoms with Gasteiger partial charge in [-0.1, -0.05) is 18.2 Å². The van der Waals surface area contributed by atoms with E-state index in [4.69, 9.17) is 10.5 Å². The molecule has 0 aliphatic rings. The molecule has 0 saturated heterocycles. The molecule has 3 heteroatoms. The summed E-state index contributed by atoms with van der Waals surface area (Å²) >= 11 is 1.71. The molecule has 2 nitrogen and oxygen atoms in total. The van der Waals surface area contributed by atoms with E-state index < -0.39 is 0 Å². The predicted molar refractivity (Wildman–Crippen MR) is 67.9 cm³/mol. The van der Waals surface area contributed by atoms with Crippen LogP contribution in [0, 0.1) is 0 Å². The van der Waals surface area contributed by atoms with Crippen LogP contribution in [-0.2, 0) is 6.42 Å². The second-order valence-electron chi connectivity index (χ2n) is 3.67. The highest BCUT2D eigenvalue weighted by molar-refractivity contribution is 7.10. The van der Waals surface area contributed by atoms with Crippen molar-refractivity contribution < 1.29 is 4.74 Å². The minimum atomic E-state index is 0.0911. The van der Waals surface area contributed by atoms with Crippen LogP contribution in [-0.4, -0.2) is 7.11 Å². The predicted octanol–water partition coefficient (Wildman–Crippen LogP) is 3.00. The topological polar surface area (TPSA) is 35.2 Å². The van der Waals surface area contributed by atoms with Crippen molar-refractivity contribution in [1.82, 2.24) is 0 Å². The van der Waals surface area contributed by atoms with Gasteiger partial charge in [0.15, 0.2) is 0 Å². The van der Waals surface area contributed by atoms with Crippen LogP contribution in [0.15, 0.2) is 41.8 Å². The third-order valence-electron chi connectivity index (χ3n) is 2.52. The van der Waals surface area contributed by atoms with Gasteiger partial charge in [0.1, 0.15) is 5.75 Å². The molecule has 1 atom stereocenters. The molecular formula is C13H15NOS. The highest BCUT2D eigenvalue weighted by Gasteiger charge is 2.07. The Morgan fingerprint density at radius 2 is 2.00 bits per heavy atom. The molecule has 0 radical (unpaired) electrons. The van der Waals surface area contributed by atoms with Gasteiger partial charge in [-0.25, -0.2) is 0 Å². The smallest absolute Gasteiger partial charge is 0.118 e. The number of hydrogen-bond donors (Lipinski definition) is 1. The Balaban J connectivity index is 2.03. The summed E-state index contributed by atoms with van der Waals surface area (Å²) in [4.78, 5) is 1.23. The van der Waals surface area contributed by atoms with E-state index in [0.717, 1.165) is 12.2 Å². The monoisotopic (exact) mass is 233 g/mol. The third-order valence-corrected chi connectivity index (χ3v) is 3.53. The molecule has 1 heterocycles.